The van der Waals surface area contributed by atoms with Gasteiger partial charge in [-0.3, -0.25) is 4.79 Å². The van der Waals surface area contributed by atoms with Crippen LogP contribution >= 0.6 is 0 Å². The van der Waals surface area contributed by atoms with Crippen molar-refractivity contribution in [3.8, 4) is 0 Å². The molecule has 1 aliphatic heterocycles. The van der Waals surface area contributed by atoms with Gasteiger partial charge in [0.2, 0.25) is 0 Å². The van der Waals surface area contributed by atoms with E-state index in [2.05, 4.69) is 20.9 Å². The highest BCUT2D eigenvalue weighted by molar-refractivity contribution is 6.02. The molecule has 1 aromatic rings. The van der Waals surface area contributed by atoms with E-state index in [1.807, 2.05) is 25.1 Å². The molecule has 0 atom stereocenters. The van der Waals surface area contributed by atoms with Gasteiger partial charge in [0.15, 0.2) is 0 Å². The number of amides is 3. The molecule has 1 saturated heterocycles. The maximum absolute atomic E-state index is 12.8. The summed E-state index contributed by atoms with van der Waals surface area (Å²) in [5.74, 6) is -0.0706. The monoisotopic (exact) mass is 386 g/mol. The topological polar surface area (TPSA) is 73.5 Å². The summed E-state index contributed by atoms with van der Waals surface area (Å²) in [6.07, 6.45) is 10.2. The molecule has 0 unspecified atom stereocenters. The number of rotatable bonds is 6. The summed E-state index contributed by atoms with van der Waals surface area (Å²) in [5, 5.41) is 8.97. The molecule has 0 radical (unpaired) electrons. The van der Waals surface area contributed by atoms with Crippen LogP contribution in [-0.2, 0) is 0 Å². The van der Waals surface area contributed by atoms with Gasteiger partial charge in [-0.1, -0.05) is 26.2 Å². The van der Waals surface area contributed by atoms with Crippen LogP contribution < -0.4 is 20.9 Å². The van der Waals surface area contributed by atoms with E-state index in [-0.39, 0.29) is 18.0 Å². The molecule has 3 rings (SSSR count). The van der Waals surface area contributed by atoms with E-state index in [1.54, 1.807) is 0 Å². The predicted octanol–water partition coefficient (Wildman–Crippen LogP) is 4.27. The first-order valence-electron chi connectivity index (χ1n) is 10.9. The quantitative estimate of drug-likeness (QED) is 0.683. The first kappa shape index (κ1) is 20.5. The fourth-order valence-corrected chi connectivity index (χ4v) is 4.14. The molecule has 0 aromatic heterocycles. The van der Waals surface area contributed by atoms with Crippen molar-refractivity contribution < 1.29 is 9.59 Å². The maximum Gasteiger partial charge on any atom is 0.319 e. The van der Waals surface area contributed by atoms with Crippen LogP contribution in [0.1, 0.15) is 75.1 Å². The van der Waals surface area contributed by atoms with Crippen LogP contribution in [0.2, 0.25) is 0 Å². The molecule has 0 spiro atoms. The van der Waals surface area contributed by atoms with Crippen LogP contribution in [0.5, 0.6) is 0 Å². The Kier molecular flexibility index (Phi) is 7.57. The Morgan fingerprint density at radius 3 is 2.46 bits per heavy atom. The van der Waals surface area contributed by atoms with Crippen molar-refractivity contribution in [2.45, 2.75) is 70.8 Å². The maximum atomic E-state index is 12.8. The average molecular weight is 387 g/mol. The summed E-state index contributed by atoms with van der Waals surface area (Å²) < 4.78 is 0. The molecule has 2 fully saturated rings. The van der Waals surface area contributed by atoms with Gasteiger partial charge in [0.25, 0.3) is 5.91 Å². The lowest BCUT2D eigenvalue weighted by Crippen LogP contribution is -2.39. The second-order valence-electron chi connectivity index (χ2n) is 7.97. The Bertz CT molecular complexity index is 665. The molecule has 0 bridgehead atoms. The Morgan fingerprint density at radius 2 is 1.75 bits per heavy atom. The minimum atomic E-state index is -0.183. The number of nitrogens with one attached hydrogen (secondary N) is 3. The van der Waals surface area contributed by atoms with Gasteiger partial charge >= 0.3 is 6.03 Å². The van der Waals surface area contributed by atoms with Gasteiger partial charge in [-0.2, -0.15) is 0 Å². The van der Waals surface area contributed by atoms with Crippen LogP contribution in [0.4, 0.5) is 16.2 Å². The van der Waals surface area contributed by atoms with Gasteiger partial charge in [0.1, 0.15) is 0 Å². The van der Waals surface area contributed by atoms with Gasteiger partial charge in [-0.25, -0.2) is 4.79 Å². The van der Waals surface area contributed by atoms with Crippen molar-refractivity contribution >= 4 is 23.3 Å². The molecule has 3 N–H and O–H groups in total. The second-order valence-corrected chi connectivity index (χ2v) is 7.97. The minimum absolute atomic E-state index is 0.0706. The van der Waals surface area contributed by atoms with E-state index in [0.717, 1.165) is 50.9 Å². The van der Waals surface area contributed by atoms with E-state index in [1.165, 1.54) is 25.7 Å². The molecule has 1 aromatic carbocycles. The summed E-state index contributed by atoms with van der Waals surface area (Å²) >= 11 is 0. The van der Waals surface area contributed by atoms with Crippen molar-refractivity contribution in [2.24, 2.45) is 0 Å². The number of carbonyl (C=O) groups excluding carboxylic acids is 2. The fraction of sp³-hybridized carbons (Fsp3) is 0.636. The van der Waals surface area contributed by atoms with Crippen molar-refractivity contribution in [2.75, 3.05) is 29.9 Å². The molecule has 1 saturated carbocycles. The van der Waals surface area contributed by atoms with Gasteiger partial charge < -0.3 is 20.9 Å². The number of carbonyl (C=O) groups is 2. The lowest BCUT2D eigenvalue weighted by molar-refractivity contribution is 0.0954. The molecule has 3 amide bonds. The zero-order chi connectivity index (χ0) is 19.8. The Balaban J connectivity index is 1.72. The number of nitrogens with zero attached hydrogens (tertiary/aromatic N) is 1. The molecule has 28 heavy (non-hydrogen) atoms. The second kappa shape index (κ2) is 10.3. The van der Waals surface area contributed by atoms with Crippen LogP contribution in [0.3, 0.4) is 0 Å². The highest BCUT2D eigenvalue weighted by atomic mass is 16.2. The van der Waals surface area contributed by atoms with Gasteiger partial charge in [-0.15, -0.1) is 0 Å². The smallest absolute Gasteiger partial charge is 0.319 e. The van der Waals surface area contributed by atoms with E-state index in [0.29, 0.717) is 17.8 Å². The van der Waals surface area contributed by atoms with Crippen LogP contribution in [0, 0.1) is 0 Å². The zero-order valence-corrected chi connectivity index (χ0v) is 17.1. The summed E-state index contributed by atoms with van der Waals surface area (Å²) in [6.45, 7) is 4.64. The summed E-state index contributed by atoms with van der Waals surface area (Å²) in [7, 11) is 0. The van der Waals surface area contributed by atoms with Crippen LogP contribution in [0.25, 0.3) is 0 Å². The highest BCUT2D eigenvalue weighted by Crippen LogP contribution is 2.27. The summed E-state index contributed by atoms with van der Waals surface area (Å²) in [4.78, 5) is 27.4. The van der Waals surface area contributed by atoms with Gasteiger partial charge in [-0.05, 0) is 56.7 Å². The van der Waals surface area contributed by atoms with E-state index in [4.69, 9.17) is 0 Å². The van der Waals surface area contributed by atoms with Gasteiger partial charge in [0, 0.05) is 37.1 Å². The Hall–Kier alpha value is -2.24. The van der Waals surface area contributed by atoms with Crippen LogP contribution in [-0.4, -0.2) is 37.6 Å². The molecular formula is C22H34N4O2. The molecule has 1 aliphatic carbocycles. The van der Waals surface area contributed by atoms with Gasteiger partial charge in [0.05, 0.1) is 5.56 Å². The van der Waals surface area contributed by atoms with Crippen molar-refractivity contribution in [1.82, 2.24) is 10.6 Å². The first-order chi connectivity index (χ1) is 13.7. The minimum Gasteiger partial charge on any atom is -0.371 e. The van der Waals surface area contributed by atoms with Crippen molar-refractivity contribution in [3.63, 3.8) is 0 Å². The average Bonchev–Trinajstić information content (AvgIpc) is 2.73. The number of urea groups is 1. The first-order valence-corrected chi connectivity index (χ1v) is 10.9. The number of hydrogen-bond donors (Lipinski definition) is 3. The third-order valence-corrected chi connectivity index (χ3v) is 5.67. The van der Waals surface area contributed by atoms with E-state index >= 15 is 0 Å². The van der Waals surface area contributed by atoms with Crippen molar-refractivity contribution in [3.05, 3.63) is 23.8 Å². The van der Waals surface area contributed by atoms with Crippen LogP contribution in [0.15, 0.2) is 18.2 Å². The highest BCUT2D eigenvalue weighted by Gasteiger charge is 2.20. The Labute approximate surface area is 168 Å². The largest absolute Gasteiger partial charge is 0.371 e. The Morgan fingerprint density at radius 1 is 1.04 bits per heavy atom. The zero-order valence-electron chi connectivity index (χ0n) is 17.1. The number of benzene rings is 1. The van der Waals surface area contributed by atoms with E-state index < -0.39 is 0 Å². The van der Waals surface area contributed by atoms with Crippen molar-refractivity contribution in [1.29, 1.82) is 0 Å². The third-order valence-electron chi connectivity index (χ3n) is 5.67. The molecular weight excluding hydrogens is 352 g/mol. The number of hydrogen-bond acceptors (Lipinski definition) is 3. The lowest BCUT2D eigenvalue weighted by atomic mass is 9.96. The standard InChI is InChI=1S/C22H34N4O2/c1-2-13-23-21(27)19-16-18(11-12-20(19)26-14-7-4-8-15-26)25-22(28)24-17-9-5-3-6-10-17/h11-12,16-17H,2-10,13-15H2,1H3,(H,23,27)(H2,24,25,28). The third kappa shape index (κ3) is 5.63. The predicted molar refractivity (Wildman–Crippen MR) is 114 cm³/mol. The normalized spacial score (nSPS) is 17.8. The van der Waals surface area contributed by atoms with E-state index in [9.17, 15) is 9.59 Å². The number of anilines is 2. The molecule has 154 valence electrons. The fourth-order valence-electron chi connectivity index (χ4n) is 4.14. The summed E-state index contributed by atoms with van der Waals surface area (Å²) in [6, 6.07) is 5.77. The summed E-state index contributed by atoms with van der Waals surface area (Å²) in [5.41, 5.74) is 2.27. The molecule has 6 heteroatoms. The molecule has 2 aliphatic rings. The number of piperidine rings is 1. The SMILES string of the molecule is CCCNC(=O)c1cc(NC(=O)NC2CCCCC2)ccc1N1CCCCC1. The molecule has 1 heterocycles. The lowest BCUT2D eigenvalue weighted by Gasteiger charge is -2.30. The molecule has 6 nitrogen and oxygen atoms in total.